The highest BCUT2D eigenvalue weighted by Gasteiger charge is 2.36. The van der Waals surface area contributed by atoms with Crippen molar-refractivity contribution in [1.29, 1.82) is 0 Å². The van der Waals surface area contributed by atoms with Crippen LogP contribution in [0.15, 0.2) is 6.20 Å². The first-order valence-electron chi connectivity index (χ1n) is 4.11. The fourth-order valence-corrected chi connectivity index (χ4v) is 0.993. The Morgan fingerprint density at radius 1 is 1.44 bits per heavy atom. The largest absolute Gasteiger partial charge is 0.464 e. The molecule has 0 aromatic carbocycles. The van der Waals surface area contributed by atoms with E-state index in [9.17, 15) is 18.0 Å². The number of hydrogen-bond acceptors (Lipinski definition) is 5. The number of carbonyl (C=O) groups excluding carboxylic acids is 1. The van der Waals surface area contributed by atoms with Gasteiger partial charge in [0, 0.05) is 6.54 Å². The number of halogens is 5. The molecule has 0 aliphatic rings. The van der Waals surface area contributed by atoms with Crippen LogP contribution in [0.25, 0.3) is 0 Å². The van der Waals surface area contributed by atoms with E-state index in [2.05, 4.69) is 14.7 Å². The number of esters is 1. The molecule has 0 bridgehead atoms. The third kappa shape index (κ3) is 4.28. The minimum absolute atomic E-state index is 0. The third-order valence-corrected chi connectivity index (χ3v) is 1.70. The molecule has 104 valence electrons. The lowest BCUT2D eigenvalue weighted by molar-refractivity contribution is -0.142. The number of rotatable bonds is 2. The van der Waals surface area contributed by atoms with Crippen LogP contribution in [0.5, 0.6) is 0 Å². The van der Waals surface area contributed by atoms with Gasteiger partial charge in [-0.1, -0.05) is 0 Å². The summed E-state index contributed by atoms with van der Waals surface area (Å²) in [6, 6.07) is 0. The molecule has 1 aromatic heterocycles. The number of alkyl halides is 3. The smallest absolute Gasteiger partial charge is 0.435 e. The number of aromatic nitrogens is 2. The Hall–Kier alpha value is -1.12. The molecule has 10 heteroatoms. The molecule has 1 aromatic rings. The van der Waals surface area contributed by atoms with Crippen LogP contribution in [0.4, 0.5) is 13.2 Å². The molecule has 0 aliphatic carbocycles. The van der Waals surface area contributed by atoms with Crippen molar-refractivity contribution in [3.05, 3.63) is 23.3 Å². The summed E-state index contributed by atoms with van der Waals surface area (Å²) < 4.78 is 41.7. The van der Waals surface area contributed by atoms with Gasteiger partial charge in [0.2, 0.25) is 0 Å². The molecule has 0 radical (unpaired) electrons. The lowest BCUT2D eigenvalue weighted by atomic mass is 10.2. The predicted molar refractivity (Wildman–Crippen MR) is 60.8 cm³/mol. The Labute approximate surface area is 113 Å². The van der Waals surface area contributed by atoms with E-state index in [4.69, 9.17) is 5.73 Å². The van der Waals surface area contributed by atoms with Gasteiger partial charge in [-0.25, -0.2) is 9.78 Å². The van der Waals surface area contributed by atoms with Crippen LogP contribution in [0.1, 0.15) is 21.9 Å². The van der Waals surface area contributed by atoms with Crippen molar-refractivity contribution in [2.45, 2.75) is 12.7 Å². The van der Waals surface area contributed by atoms with Crippen molar-refractivity contribution in [1.82, 2.24) is 9.97 Å². The summed E-state index contributed by atoms with van der Waals surface area (Å²) in [6.07, 6.45) is -3.81. The van der Waals surface area contributed by atoms with Crippen molar-refractivity contribution < 1.29 is 22.7 Å². The second-order valence-corrected chi connectivity index (χ2v) is 2.74. The van der Waals surface area contributed by atoms with E-state index in [1.165, 1.54) is 0 Å². The summed E-state index contributed by atoms with van der Waals surface area (Å²) in [5.74, 6) is -0.985. The van der Waals surface area contributed by atoms with Crippen molar-refractivity contribution >= 4 is 30.8 Å². The van der Waals surface area contributed by atoms with Crippen molar-refractivity contribution in [2.24, 2.45) is 5.73 Å². The highest BCUT2D eigenvalue weighted by Crippen LogP contribution is 2.29. The van der Waals surface area contributed by atoms with Crippen LogP contribution in [-0.2, 0) is 17.5 Å². The average Bonchev–Trinajstić information content (AvgIpc) is 2.26. The van der Waals surface area contributed by atoms with Gasteiger partial charge in [0.05, 0.1) is 19.0 Å². The zero-order valence-corrected chi connectivity index (χ0v) is 10.7. The Kier molecular flexibility index (Phi) is 7.84. The fraction of sp³-hybridized carbons (Fsp3) is 0.375. The summed E-state index contributed by atoms with van der Waals surface area (Å²) >= 11 is 0. The van der Waals surface area contributed by atoms with Crippen LogP contribution in [0.3, 0.4) is 0 Å². The standard InChI is InChI=1S/C8H8F3N3O2.2ClH/c1-16-7(15)5-3-13-4(2-12)6(14-5)8(9,10)11;;/h3H,2,12H2,1H3;2*1H. The molecule has 0 unspecified atom stereocenters. The summed E-state index contributed by atoms with van der Waals surface area (Å²) in [7, 11) is 1.04. The predicted octanol–water partition coefficient (Wildman–Crippen LogP) is 1.58. The van der Waals surface area contributed by atoms with Crippen LogP contribution in [-0.4, -0.2) is 23.0 Å². The minimum atomic E-state index is -4.70. The van der Waals surface area contributed by atoms with E-state index in [0.29, 0.717) is 0 Å². The van der Waals surface area contributed by atoms with Gasteiger partial charge in [-0.3, -0.25) is 4.98 Å². The number of nitrogens with two attached hydrogens (primary N) is 1. The molecule has 5 nitrogen and oxygen atoms in total. The van der Waals surface area contributed by atoms with Crippen molar-refractivity contribution in [3.63, 3.8) is 0 Å². The lowest BCUT2D eigenvalue weighted by Crippen LogP contribution is -2.19. The van der Waals surface area contributed by atoms with Crippen LogP contribution in [0.2, 0.25) is 0 Å². The number of carbonyl (C=O) groups is 1. The highest BCUT2D eigenvalue weighted by molar-refractivity contribution is 5.86. The zero-order chi connectivity index (χ0) is 12.3. The Morgan fingerprint density at radius 2 is 2.00 bits per heavy atom. The molecule has 0 aliphatic heterocycles. The summed E-state index contributed by atoms with van der Waals surface area (Å²) in [5, 5.41) is 0. The van der Waals surface area contributed by atoms with Gasteiger partial charge < -0.3 is 10.5 Å². The number of methoxy groups -OCH3 is 1. The van der Waals surface area contributed by atoms with E-state index in [1.54, 1.807) is 0 Å². The molecule has 1 heterocycles. The van der Waals surface area contributed by atoms with Crippen LogP contribution in [0, 0.1) is 0 Å². The maximum absolute atomic E-state index is 12.5. The van der Waals surface area contributed by atoms with Gasteiger partial charge in [-0.05, 0) is 0 Å². The molecular formula is C8H10Cl2F3N3O2. The SMILES string of the molecule is COC(=O)c1cnc(CN)c(C(F)(F)F)n1.Cl.Cl. The summed E-state index contributed by atoms with van der Waals surface area (Å²) in [4.78, 5) is 17.5. The van der Waals surface area contributed by atoms with Crippen molar-refractivity contribution in [2.75, 3.05) is 7.11 Å². The minimum Gasteiger partial charge on any atom is -0.464 e. The van der Waals surface area contributed by atoms with Crippen molar-refractivity contribution in [3.8, 4) is 0 Å². The second-order valence-electron chi connectivity index (χ2n) is 2.74. The summed E-state index contributed by atoms with van der Waals surface area (Å²) in [6.45, 7) is -0.413. The van der Waals surface area contributed by atoms with Gasteiger partial charge in [-0.2, -0.15) is 13.2 Å². The molecule has 0 saturated heterocycles. The Bertz CT molecular complexity index is 415. The highest BCUT2D eigenvalue weighted by atomic mass is 35.5. The lowest BCUT2D eigenvalue weighted by Gasteiger charge is -2.10. The molecular weight excluding hydrogens is 298 g/mol. The topological polar surface area (TPSA) is 78.1 Å². The van der Waals surface area contributed by atoms with Gasteiger partial charge in [0.15, 0.2) is 11.4 Å². The molecule has 0 saturated carbocycles. The maximum Gasteiger partial charge on any atom is 0.435 e. The zero-order valence-electron chi connectivity index (χ0n) is 9.02. The quantitative estimate of drug-likeness (QED) is 0.839. The van der Waals surface area contributed by atoms with Gasteiger partial charge in [0.25, 0.3) is 0 Å². The Balaban J connectivity index is 0. The van der Waals surface area contributed by atoms with E-state index in [0.717, 1.165) is 13.3 Å². The number of nitrogens with zero attached hydrogens (tertiary/aromatic N) is 2. The first-order valence-corrected chi connectivity index (χ1v) is 4.11. The van der Waals surface area contributed by atoms with Crippen LogP contribution < -0.4 is 5.73 Å². The van der Waals surface area contributed by atoms with Gasteiger partial charge in [-0.15, -0.1) is 24.8 Å². The maximum atomic E-state index is 12.5. The molecule has 1 rings (SSSR count). The van der Waals surface area contributed by atoms with Crippen LogP contribution >= 0.6 is 24.8 Å². The van der Waals surface area contributed by atoms with Gasteiger partial charge in [0.1, 0.15) is 0 Å². The van der Waals surface area contributed by atoms with E-state index < -0.39 is 35.8 Å². The molecule has 0 fully saturated rings. The normalized spacial score (nSPS) is 10.1. The third-order valence-electron chi connectivity index (χ3n) is 1.70. The first kappa shape index (κ1) is 19.2. The average molecular weight is 308 g/mol. The molecule has 0 amide bonds. The number of hydrogen-bond donors (Lipinski definition) is 1. The van der Waals surface area contributed by atoms with E-state index >= 15 is 0 Å². The fourth-order valence-electron chi connectivity index (χ4n) is 0.993. The van der Waals surface area contributed by atoms with E-state index in [1.807, 2.05) is 0 Å². The molecule has 2 N–H and O–H groups in total. The second kappa shape index (κ2) is 7.34. The molecule has 0 spiro atoms. The van der Waals surface area contributed by atoms with Gasteiger partial charge >= 0.3 is 12.1 Å². The first-order chi connectivity index (χ1) is 7.40. The Morgan fingerprint density at radius 3 is 2.39 bits per heavy atom. The monoisotopic (exact) mass is 307 g/mol. The molecule has 18 heavy (non-hydrogen) atoms. The van der Waals surface area contributed by atoms with E-state index in [-0.39, 0.29) is 24.8 Å². The summed E-state index contributed by atoms with van der Waals surface area (Å²) in [5.41, 5.74) is 2.90. The molecule has 0 atom stereocenters. The number of ether oxygens (including phenoxy) is 1.